The molecule has 0 radical (unpaired) electrons. The molecule has 3 heteroatoms. The maximum Gasteiger partial charge on any atom is 0.331 e. The molecule has 0 rings (SSSR count). The number of hydrogen-bond donors (Lipinski definition) is 2. The molecular formula is C11H21NO2. The summed E-state index contributed by atoms with van der Waals surface area (Å²) in [7, 11) is 0. The molecule has 82 valence electrons. The standard InChI is InChI=1S/C11H21NO2/c1-2-3-4-5-7-10(11(13)14)8-6-9-12/h7H,2-6,8-9,12H2,1H3,(H,13,14). The molecule has 0 saturated carbocycles. The van der Waals surface area contributed by atoms with E-state index in [4.69, 9.17) is 10.8 Å². The lowest BCUT2D eigenvalue weighted by Gasteiger charge is -2.01. The Labute approximate surface area is 86.0 Å². The second kappa shape index (κ2) is 8.75. The highest BCUT2D eigenvalue weighted by molar-refractivity contribution is 5.86. The van der Waals surface area contributed by atoms with Crippen molar-refractivity contribution in [2.45, 2.75) is 45.4 Å². The Bertz CT molecular complexity index is 188. The van der Waals surface area contributed by atoms with Crippen molar-refractivity contribution in [1.29, 1.82) is 0 Å². The summed E-state index contributed by atoms with van der Waals surface area (Å²) in [5.74, 6) is -0.796. The van der Waals surface area contributed by atoms with E-state index in [9.17, 15) is 4.79 Å². The van der Waals surface area contributed by atoms with Crippen molar-refractivity contribution in [2.75, 3.05) is 6.54 Å². The predicted octanol–water partition coefficient (Wildman–Crippen LogP) is 2.32. The zero-order chi connectivity index (χ0) is 10.8. The molecule has 3 N–H and O–H groups in total. The molecule has 0 fully saturated rings. The summed E-state index contributed by atoms with van der Waals surface area (Å²) in [6.07, 6.45) is 7.48. The normalized spacial score (nSPS) is 11.7. The van der Waals surface area contributed by atoms with Crippen LogP contribution >= 0.6 is 0 Å². The summed E-state index contributed by atoms with van der Waals surface area (Å²) in [6.45, 7) is 2.69. The van der Waals surface area contributed by atoms with Gasteiger partial charge in [0, 0.05) is 5.57 Å². The van der Waals surface area contributed by atoms with Crippen LogP contribution in [0.4, 0.5) is 0 Å². The SMILES string of the molecule is CCCCCC=C(CCCN)C(=O)O. The molecule has 0 heterocycles. The molecule has 0 aliphatic carbocycles. The number of unbranched alkanes of at least 4 members (excludes halogenated alkanes) is 3. The number of carboxylic acids is 1. The summed E-state index contributed by atoms with van der Waals surface area (Å²) in [5, 5.41) is 8.85. The maximum absolute atomic E-state index is 10.8. The fourth-order valence-electron chi connectivity index (χ4n) is 1.26. The van der Waals surface area contributed by atoms with Gasteiger partial charge in [0.05, 0.1) is 0 Å². The van der Waals surface area contributed by atoms with Gasteiger partial charge in [0.15, 0.2) is 0 Å². The molecule has 0 aromatic carbocycles. The Morgan fingerprint density at radius 2 is 2.07 bits per heavy atom. The fraction of sp³-hybridized carbons (Fsp3) is 0.727. The molecule has 3 nitrogen and oxygen atoms in total. The molecule has 14 heavy (non-hydrogen) atoms. The van der Waals surface area contributed by atoms with E-state index in [1.54, 1.807) is 0 Å². The van der Waals surface area contributed by atoms with Crippen LogP contribution < -0.4 is 5.73 Å². The average Bonchev–Trinajstić information content (AvgIpc) is 2.16. The molecule has 0 atom stereocenters. The monoisotopic (exact) mass is 199 g/mol. The molecule has 0 aromatic heterocycles. The van der Waals surface area contributed by atoms with Crippen molar-refractivity contribution >= 4 is 5.97 Å². The van der Waals surface area contributed by atoms with Crippen LogP contribution in [0.15, 0.2) is 11.6 Å². The Morgan fingerprint density at radius 1 is 1.36 bits per heavy atom. The molecule has 0 aliphatic heterocycles. The van der Waals surface area contributed by atoms with Crippen LogP contribution in [-0.2, 0) is 4.79 Å². The van der Waals surface area contributed by atoms with Crippen LogP contribution in [0.1, 0.15) is 45.4 Å². The molecule has 0 unspecified atom stereocenters. The largest absolute Gasteiger partial charge is 0.478 e. The molecular weight excluding hydrogens is 178 g/mol. The van der Waals surface area contributed by atoms with Gasteiger partial charge in [-0.2, -0.15) is 0 Å². The highest BCUT2D eigenvalue weighted by Gasteiger charge is 2.05. The van der Waals surface area contributed by atoms with Gasteiger partial charge in [-0.05, 0) is 32.2 Å². The van der Waals surface area contributed by atoms with Gasteiger partial charge in [-0.3, -0.25) is 0 Å². The third kappa shape index (κ3) is 6.66. The Balaban J connectivity index is 3.86. The van der Waals surface area contributed by atoms with E-state index in [1.165, 1.54) is 12.8 Å². The first-order chi connectivity index (χ1) is 6.72. The Morgan fingerprint density at radius 3 is 2.57 bits per heavy atom. The van der Waals surface area contributed by atoms with E-state index < -0.39 is 5.97 Å². The van der Waals surface area contributed by atoms with E-state index in [0.717, 1.165) is 19.3 Å². The van der Waals surface area contributed by atoms with Crippen molar-refractivity contribution in [1.82, 2.24) is 0 Å². The zero-order valence-corrected chi connectivity index (χ0v) is 8.96. The van der Waals surface area contributed by atoms with Crippen LogP contribution in [0.2, 0.25) is 0 Å². The lowest BCUT2D eigenvalue weighted by atomic mass is 10.1. The van der Waals surface area contributed by atoms with Gasteiger partial charge < -0.3 is 10.8 Å². The van der Waals surface area contributed by atoms with E-state index in [1.807, 2.05) is 6.08 Å². The van der Waals surface area contributed by atoms with Crippen molar-refractivity contribution < 1.29 is 9.90 Å². The van der Waals surface area contributed by atoms with Gasteiger partial charge in [-0.25, -0.2) is 4.79 Å². The predicted molar refractivity (Wildman–Crippen MR) is 58.1 cm³/mol. The summed E-state index contributed by atoms with van der Waals surface area (Å²) in [6, 6.07) is 0. The topological polar surface area (TPSA) is 63.3 Å². The minimum absolute atomic E-state index is 0.520. The summed E-state index contributed by atoms with van der Waals surface area (Å²) < 4.78 is 0. The van der Waals surface area contributed by atoms with Crippen molar-refractivity contribution in [2.24, 2.45) is 5.73 Å². The van der Waals surface area contributed by atoms with Crippen molar-refractivity contribution in [3.05, 3.63) is 11.6 Å². The van der Waals surface area contributed by atoms with Crippen LogP contribution in [0.5, 0.6) is 0 Å². The van der Waals surface area contributed by atoms with Gasteiger partial charge in [-0.15, -0.1) is 0 Å². The molecule has 0 saturated heterocycles. The molecule has 0 bridgehead atoms. The van der Waals surface area contributed by atoms with E-state index >= 15 is 0 Å². The summed E-state index contributed by atoms with van der Waals surface area (Å²) in [5.41, 5.74) is 5.85. The van der Waals surface area contributed by atoms with Crippen LogP contribution in [-0.4, -0.2) is 17.6 Å². The highest BCUT2D eigenvalue weighted by Crippen LogP contribution is 2.08. The molecule has 0 aromatic rings. The van der Waals surface area contributed by atoms with E-state index in [2.05, 4.69) is 6.92 Å². The summed E-state index contributed by atoms with van der Waals surface area (Å²) >= 11 is 0. The lowest BCUT2D eigenvalue weighted by Crippen LogP contribution is -2.05. The third-order valence-corrected chi connectivity index (χ3v) is 2.12. The van der Waals surface area contributed by atoms with Crippen molar-refractivity contribution in [3.63, 3.8) is 0 Å². The number of hydrogen-bond acceptors (Lipinski definition) is 2. The second-order valence-corrected chi connectivity index (χ2v) is 3.42. The molecule has 0 spiro atoms. The van der Waals surface area contributed by atoms with Gasteiger partial charge in [-0.1, -0.05) is 25.8 Å². The minimum Gasteiger partial charge on any atom is -0.478 e. The van der Waals surface area contributed by atoms with Gasteiger partial charge >= 0.3 is 5.97 Å². The van der Waals surface area contributed by atoms with Gasteiger partial charge in [0.25, 0.3) is 0 Å². The fourth-order valence-corrected chi connectivity index (χ4v) is 1.26. The minimum atomic E-state index is -0.796. The number of aliphatic carboxylic acids is 1. The first-order valence-corrected chi connectivity index (χ1v) is 5.34. The van der Waals surface area contributed by atoms with Crippen LogP contribution in [0.25, 0.3) is 0 Å². The molecule has 0 aliphatic rings. The smallest absolute Gasteiger partial charge is 0.331 e. The lowest BCUT2D eigenvalue weighted by molar-refractivity contribution is -0.132. The maximum atomic E-state index is 10.8. The number of carboxylic acid groups (broad SMARTS) is 1. The quantitative estimate of drug-likeness (QED) is 0.466. The van der Waals surface area contributed by atoms with E-state index in [0.29, 0.717) is 18.5 Å². The van der Waals surface area contributed by atoms with Crippen LogP contribution in [0, 0.1) is 0 Å². The Kier molecular flexibility index (Phi) is 8.24. The van der Waals surface area contributed by atoms with Crippen molar-refractivity contribution in [3.8, 4) is 0 Å². The molecule has 0 amide bonds. The first kappa shape index (κ1) is 13.2. The van der Waals surface area contributed by atoms with Crippen LogP contribution in [0.3, 0.4) is 0 Å². The Hall–Kier alpha value is -0.830. The number of nitrogens with two attached hydrogens (primary N) is 1. The number of carbonyl (C=O) groups is 1. The average molecular weight is 199 g/mol. The first-order valence-electron chi connectivity index (χ1n) is 5.34. The zero-order valence-electron chi connectivity index (χ0n) is 8.96. The number of rotatable bonds is 8. The highest BCUT2D eigenvalue weighted by atomic mass is 16.4. The van der Waals surface area contributed by atoms with E-state index in [-0.39, 0.29) is 0 Å². The summed E-state index contributed by atoms with van der Waals surface area (Å²) in [4.78, 5) is 10.8. The number of allylic oxidation sites excluding steroid dienone is 1. The van der Waals surface area contributed by atoms with Gasteiger partial charge in [0.1, 0.15) is 0 Å². The van der Waals surface area contributed by atoms with Gasteiger partial charge in [0.2, 0.25) is 0 Å². The third-order valence-electron chi connectivity index (χ3n) is 2.12. The second-order valence-electron chi connectivity index (χ2n) is 3.42.